The number of aliphatic hydroxyl groups is 2. The van der Waals surface area contributed by atoms with Crippen LogP contribution < -0.4 is 5.32 Å². The monoisotopic (exact) mass is 834 g/mol. The van der Waals surface area contributed by atoms with E-state index in [0.717, 1.165) is 51.4 Å². The van der Waals surface area contributed by atoms with Gasteiger partial charge in [-0.15, -0.1) is 0 Å². The molecule has 3 unspecified atom stereocenters. The van der Waals surface area contributed by atoms with Gasteiger partial charge in [0.2, 0.25) is 5.91 Å². The lowest BCUT2D eigenvalue weighted by Crippen LogP contribution is -2.46. The van der Waals surface area contributed by atoms with E-state index in [2.05, 4.69) is 38.2 Å². The molecule has 6 nitrogen and oxygen atoms in total. The Morgan fingerprint density at radius 2 is 0.831 bits per heavy atom. The second-order valence-electron chi connectivity index (χ2n) is 18.3. The molecule has 1 amide bonds. The molecular weight excluding hydrogens is 731 g/mol. The fraction of sp³-hybridized carbons (Fsp3) is 0.925. The molecule has 0 saturated heterocycles. The van der Waals surface area contributed by atoms with Crippen molar-refractivity contribution in [2.24, 2.45) is 0 Å². The van der Waals surface area contributed by atoms with Crippen LogP contribution in [0, 0.1) is 0 Å². The van der Waals surface area contributed by atoms with E-state index in [1.54, 1.807) is 0 Å². The summed E-state index contributed by atoms with van der Waals surface area (Å²) in [4.78, 5) is 26.1. The number of hydrogen-bond acceptors (Lipinski definition) is 5. The molecule has 0 spiro atoms. The van der Waals surface area contributed by atoms with E-state index in [9.17, 15) is 19.8 Å². The van der Waals surface area contributed by atoms with Gasteiger partial charge in [-0.1, -0.05) is 245 Å². The number of unbranched alkanes of at least 4 members (excludes halogenated alkanes) is 34. The van der Waals surface area contributed by atoms with E-state index in [4.69, 9.17) is 4.74 Å². The molecule has 0 aliphatic carbocycles. The number of esters is 1. The summed E-state index contributed by atoms with van der Waals surface area (Å²) in [5.74, 6) is -0.468. The van der Waals surface area contributed by atoms with Crippen molar-refractivity contribution in [1.29, 1.82) is 0 Å². The Labute approximate surface area is 368 Å². The van der Waals surface area contributed by atoms with Gasteiger partial charge in [-0.2, -0.15) is 0 Å². The lowest BCUT2D eigenvalue weighted by molar-refractivity contribution is -0.151. The summed E-state index contributed by atoms with van der Waals surface area (Å²) in [5.41, 5.74) is 0. The van der Waals surface area contributed by atoms with Crippen LogP contribution in [0.4, 0.5) is 0 Å². The van der Waals surface area contributed by atoms with Crippen molar-refractivity contribution in [3.8, 4) is 0 Å². The third-order valence-electron chi connectivity index (χ3n) is 12.3. The zero-order chi connectivity index (χ0) is 43.1. The summed E-state index contributed by atoms with van der Waals surface area (Å²) in [7, 11) is 0. The Balaban J connectivity index is 4.44. The number of nitrogens with one attached hydrogen (secondary N) is 1. The minimum Gasteiger partial charge on any atom is -0.462 e. The first kappa shape index (κ1) is 57.6. The van der Waals surface area contributed by atoms with Crippen molar-refractivity contribution in [3.63, 3.8) is 0 Å². The summed E-state index contributed by atoms with van der Waals surface area (Å²) < 4.78 is 5.92. The normalized spacial score (nSPS) is 13.2. The van der Waals surface area contributed by atoms with Crippen molar-refractivity contribution < 1.29 is 24.5 Å². The van der Waals surface area contributed by atoms with Crippen molar-refractivity contribution >= 4 is 11.9 Å². The zero-order valence-electron chi connectivity index (χ0n) is 39.9. The summed E-state index contributed by atoms with van der Waals surface area (Å²) in [5, 5.41) is 23.8. The lowest BCUT2D eigenvalue weighted by atomic mass is 10.0. The van der Waals surface area contributed by atoms with Crippen molar-refractivity contribution in [2.45, 2.75) is 309 Å². The van der Waals surface area contributed by atoms with Crippen LogP contribution >= 0.6 is 0 Å². The number of rotatable bonds is 48. The van der Waals surface area contributed by atoms with Gasteiger partial charge in [0, 0.05) is 6.42 Å². The smallest absolute Gasteiger partial charge is 0.306 e. The molecule has 59 heavy (non-hydrogen) atoms. The van der Waals surface area contributed by atoms with Crippen molar-refractivity contribution in [2.75, 3.05) is 6.61 Å². The maximum Gasteiger partial charge on any atom is 0.306 e. The van der Waals surface area contributed by atoms with Crippen LogP contribution in [-0.4, -0.2) is 46.9 Å². The van der Waals surface area contributed by atoms with Crippen LogP contribution in [0.2, 0.25) is 0 Å². The first-order chi connectivity index (χ1) is 29.0. The zero-order valence-corrected chi connectivity index (χ0v) is 39.9. The number of carbonyl (C=O) groups excluding carboxylic acids is 2. The molecule has 0 aromatic carbocycles. The quantitative estimate of drug-likeness (QED) is 0.0322. The number of aliphatic hydroxyl groups excluding tert-OH is 2. The minimum absolute atomic E-state index is 0.0812. The van der Waals surface area contributed by atoms with Gasteiger partial charge < -0.3 is 20.3 Å². The van der Waals surface area contributed by atoms with Crippen LogP contribution in [-0.2, 0) is 14.3 Å². The third-order valence-corrected chi connectivity index (χ3v) is 12.3. The Kier molecular flexibility index (Phi) is 46.5. The summed E-state index contributed by atoms with van der Waals surface area (Å²) >= 11 is 0. The van der Waals surface area contributed by atoms with E-state index < -0.39 is 18.2 Å². The van der Waals surface area contributed by atoms with Crippen LogP contribution in [0.15, 0.2) is 12.2 Å². The second-order valence-corrected chi connectivity index (χ2v) is 18.3. The molecule has 0 fully saturated rings. The Morgan fingerprint density at radius 3 is 1.25 bits per heavy atom. The molecule has 350 valence electrons. The number of ether oxygens (including phenoxy) is 1. The average molecular weight is 834 g/mol. The highest BCUT2D eigenvalue weighted by molar-refractivity contribution is 5.77. The number of carbonyl (C=O) groups is 2. The van der Waals surface area contributed by atoms with Gasteiger partial charge in [0.25, 0.3) is 0 Å². The van der Waals surface area contributed by atoms with Gasteiger partial charge in [0.05, 0.1) is 25.2 Å². The summed E-state index contributed by atoms with van der Waals surface area (Å²) in [6, 6.07) is -0.696. The molecular formula is C53H103NO5. The molecule has 0 heterocycles. The molecule has 0 rings (SSSR count). The molecule has 3 atom stereocenters. The topological polar surface area (TPSA) is 95.9 Å². The SMILES string of the molecule is CCCC/C=C\CCCCCCCC(=O)OC(CCCCCCCCCCCCCC)CC(=O)NC(CO)C(O)CCCCCCCCCCCCCCCCCCC. The fourth-order valence-corrected chi connectivity index (χ4v) is 8.30. The predicted molar refractivity (Wildman–Crippen MR) is 255 cm³/mol. The number of allylic oxidation sites excluding steroid dienone is 2. The number of amides is 1. The maximum absolute atomic E-state index is 13.2. The first-order valence-electron chi connectivity index (χ1n) is 26.4. The van der Waals surface area contributed by atoms with E-state index in [1.165, 1.54) is 193 Å². The summed E-state index contributed by atoms with van der Waals surface area (Å²) in [6.45, 7) is 6.47. The van der Waals surface area contributed by atoms with Gasteiger partial charge >= 0.3 is 5.97 Å². The van der Waals surface area contributed by atoms with E-state index in [1.807, 2.05) is 0 Å². The van der Waals surface area contributed by atoms with Crippen LogP contribution in [0.25, 0.3) is 0 Å². The highest BCUT2D eigenvalue weighted by Crippen LogP contribution is 2.19. The maximum atomic E-state index is 13.2. The second kappa shape index (κ2) is 47.6. The minimum atomic E-state index is -0.783. The fourth-order valence-electron chi connectivity index (χ4n) is 8.30. The largest absolute Gasteiger partial charge is 0.462 e. The summed E-state index contributed by atoms with van der Waals surface area (Å²) in [6.07, 6.45) is 52.7. The van der Waals surface area contributed by atoms with E-state index in [-0.39, 0.29) is 24.9 Å². The van der Waals surface area contributed by atoms with Gasteiger partial charge in [-0.25, -0.2) is 0 Å². The van der Waals surface area contributed by atoms with Gasteiger partial charge in [-0.05, 0) is 44.9 Å². The molecule has 0 aromatic heterocycles. The lowest BCUT2D eigenvalue weighted by Gasteiger charge is -2.24. The Morgan fingerprint density at radius 1 is 0.475 bits per heavy atom. The highest BCUT2D eigenvalue weighted by Gasteiger charge is 2.24. The van der Waals surface area contributed by atoms with E-state index >= 15 is 0 Å². The van der Waals surface area contributed by atoms with Crippen LogP contribution in [0.3, 0.4) is 0 Å². The van der Waals surface area contributed by atoms with Crippen LogP contribution in [0.1, 0.15) is 290 Å². The molecule has 3 N–H and O–H groups in total. The standard InChI is InChI=1S/C53H103NO5/c1-4-7-10-13-16-19-22-24-25-26-27-28-31-33-36-39-42-45-51(56)50(48-55)54-52(57)47-49(44-41-38-35-32-30-23-20-17-14-11-8-5-2)59-53(58)46-43-40-37-34-29-21-18-15-12-9-6-3/h15,18,49-51,55-56H,4-14,16-17,19-48H2,1-3H3,(H,54,57)/b18-15-. The van der Waals surface area contributed by atoms with E-state index in [0.29, 0.717) is 19.3 Å². The third kappa shape index (κ3) is 43.1. The van der Waals surface area contributed by atoms with Crippen LogP contribution in [0.5, 0.6) is 0 Å². The predicted octanol–water partition coefficient (Wildman–Crippen LogP) is 15.7. The van der Waals surface area contributed by atoms with Crippen molar-refractivity contribution in [1.82, 2.24) is 5.32 Å². The van der Waals surface area contributed by atoms with Gasteiger partial charge in [-0.3, -0.25) is 9.59 Å². The van der Waals surface area contributed by atoms with Gasteiger partial charge in [0.15, 0.2) is 0 Å². The molecule has 6 heteroatoms. The van der Waals surface area contributed by atoms with Gasteiger partial charge in [0.1, 0.15) is 6.10 Å². The Bertz CT molecular complexity index is 893. The average Bonchev–Trinajstić information content (AvgIpc) is 3.23. The highest BCUT2D eigenvalue weighted by atomic mass is 16.5. The molecule has 0 radical (unpaired) electrons. The molecule has 0 aliphatic rings. The molecule has 0 aliphatic heterocycles. The van der Waals surface area contributed by atoms with Crippen molar-refractivity contribution in [3.05, 3.63) is 12.2 Å². The molecule has 0 bridgehead atoms. The number of hydrogen-bond donors (Lipinski definition) is 3. The molecule has 0 aromatic rings. The molecule has 0 saturated carbocycles. The first-order valence-corrected chi connectivity index (χ1v) is 26.4. The Hall–Kier alpha value is -1.40.